The minimum absolute atomic E-state index is 0.589. The SMILES string of the molecule is c1ccc(-c2ccc(-c3nc(-c4cccc5oc6ccccc6c45)nc(-c4cc(-n5c6ccccc6c6cc7ccccc7cc65)cc5sc6ccccc6c45)n3)cc2)cc1. The number of nitrogens with zero attached hydrogens (tertiary/aromatic N) is 4. The molecular weight excluding hydrogens is 765 g/mol. The second-order valence-corrected chi connectivity index (χ2v) is 16.6. The third-order valence-electron chi connectivity index (χ3n) is 12.0. The molecule has 6 heteroatoms. The molecule has 9 aromatic carbocycles. The van der Waals surface area contributed by atoms with E-state index in [4.69, 9.17) is 19.4 Å². The minimum Gasteiger partial charge on any atom is -0.456 e. The van der Waals surface area contributed by atoms with E-state index in [9.17, 15) is 0 Å². The molecule has 0 N–H and O–H groups in total. The van der Waals surface area contributed by atoms with Crippen LogP contribution in [0.5, 0.6) is 0 Å². The molecule has 0 aliphatic heterocycles. The zero-order chi connectivity index (χ0) is 40.0. The predicted octanol–water partition coefficient (Wildman–Crippen LogP) is 15.1. The van der Waals surface area contributed by atoms with Crippen molar-refractivity contribution in [3.05, 3.63) is 194 Å². The van der Waals surface area contributed by atoms with Gasteiger partial charge in [0.05, 0.1) is 11.0 Å². The van der Waals surface area contributed by atoms with Gasteiger partial charge in [0.2, 0.25) is 0 Å². The predicted molar refractivity (Wildman–Crippen MR) is 254 cm³/mol. The maximum Gasteiger partial charge on any atom is 0.164 e. The quantitative estimate of drug-likeness (QED) is 0.174. The lowest BCUT2D eigenvalue weighted by Gasteiger charge is -2.14. The van der Waals surface area contributed by atoms with Crippen molar-refractivity contribution in [2.24, 2.45) is 0 Å². The van der Waals surface area contributed by atoms with E-state index in [1.807, 2.05) is 36.4 Å². The summed E-state index contributed by atoms with van der Waals surface area (Å²) < 4.78 is 11.2. The van der Waals surface area contributed by atoms with Crippen molar-refractivity contribution in [1.82, 2.24) is 19.5 Å². The fraction of sp³-hybridized carbons (Fsp3) is 0. The lowest BCUT2D eigenvalue weighted by atomic mass is 10.0. The molecule has 0 atom stereocenters. The van der Waals surface area contributed by atoms with Gasteiger partial charge in [-0.15, -0.1) is 11.3 Å². The van der Waals surface area contributed by atoms with Gasteiger partial charge in [0.1, 0.15) is 11.2 Å². The van der Waals surface area contributed by atoms with E-state index in [2.05, 4.69) is 162 Å². The lowest BCUT2D eigenvalue weighted by molar-refractivity contribution is 0.669. The molecule has 5 nitrogen and oxygen atoms in total. The van der Waals surface area contributed by atoms with Crippen molar-refractivity contribution in [3.8, 4) is 51.0 Å². The molecule has 0 bridgehead atoms. The van der Waals surface area contributed by atoms with Gasteiger partial charge < -0.3 is 8.98 Å². The highest BCUT2D eigenvalue weighted by atomic mass is 32.1. The van der Waals surface area contributed by atoms with Gasteiger partial charge in [0.25, 0.3) is 0 Å². The van der Waals surface area contributed by atoms with Crippen molar-refractivity contribution < 1.29 is 4.42 Å². The first-order valence-corrected chi connectivity index (χ1v) is 21.2. The second-order valence-electron chi connectivity index (χ2n) is 15.6. The van der Waals surface area contributed by atoms with Gasteiger partial charge in [0.15, 0.2) is 17.5 Å². The standard InChI is InChI=1S/C55H32N4OS/c1-2-13-33(14-3-1)34-25-27-35(28-26-34)53-56-54(42-20-12-23-48-51(42)40-18-7-10-22-47(40)60-48)58-55(57-53)44-31-38(32-50-52(44)41-19-8-11-24-49(41)61-50)59-45-21-9-6-17-39(45)43-29-36-15-4-5-16-37(36)30-46(43)59/h1-32H. The fourth-order valence-corrected chi connectivity index (χ4v) is 10.4. The Morgan fingerprint density at radius 2 is 1.02 bits per heavy atom. The van der Waals surface area contributed by atoms with Gasteiger partial charge in [-0.3, -0.25) is 0 Å². The highest BCUT2D eigenvalue weighted by Gasteiger charge is 2.22. The normalized spacial score (nSPS) is 11.9. The molecule has 0 aliphatic rings. The summed E-state index contributed by atoms with van der Waals surface area (Å²) in [6.07, 6.45) is 0. The smallest absolute Gasteiger partial charge is 0.164 e. The van der Waals surface area contributed by atoms with Crippen LogP contribution in [0.2, 0.25) is 0 Å². The first kappa shape index (κ1) is 34.0. The Morgan fingerprint density at radius 1 is 0.377 bits per heavy atom. The molecule has 13 aromatic rings. The Hall–Kier alpha value is -7.93. The maximum absolute atomic E-state index is 6.38. The van der Waals surface area contributed by atoms with Gasteiger partial charge in [-0.2, -0.15) is 0 Å². The third kappa shape index (κ3) is 5.36. The van der Waals surface area contributed by atoms with Crippen molar-refractivity contribution in [2.75, 3.05) is 0 Å². The van der Waals surface area contributed by atoms with E-state index in [-0.39, 0.29) is 0 Å². The van der Waals surface area contributed by atoms with Crippen molar-refractivity contribution in [1.29, 1.82) is 0 Å². The summed E-state index contributed by atoms with van der Waals surface area (Å²) in [6.45, 7) is 0. The molecule has 0 radical (unpaired) electrons. The minimum atomic E-state index is 0.589. The van der Waals surface area contributed by atoms with Crippen LogP contribution in [-0.4, -0.2) is 19.5 Å². The number of aromatic nitrogens is 4. The van der Waals surface area contributed by atoms with Crippen LogP contribution in [0.1, 0.15) is 0 Å². The van der Waals surface area contributed by atoms with E-state index in [1.54, 1.807) is 11.3 Å². The molecule has 0 saturated heterocycles. The molecule has 4 heterocycles. The maximum atomic E-state index is 6.38. The van der Waals surface area contributed by atoms with Gasteiger partial charge in [-0.1, -0.05) is 146 Å². The molecule has 61 heavy (non-hydrogen) atoms. The van der Waals surface area contributed by atoms with Crippen LogP contribution < -0.4 is 0 Å². The van der Waals surface area contributed by atoms with Gasteiger partial charge in [-0.25, -0.2) is 15.0 Å². The van der Waals surface area contributed by atoms with Crippen molar-refractivity contribution in [2.45, 2.75) is 0 Å². The zero-order valence-electron chi connectivity index (χ0n) is 32.6. The average Bonchev–Trinajstić information content (AvgIpc) is 4.00. The number of thiophene rings is 1. The number of furan rings is 1. The Morgan fingerprint density at radius 3 is 1.87 bits per heavy atom. The summed E-state index contributed by atoms with van der Waals surface area (Å²) in [4.78, 5) is 16.1. The molecule has 0 saturated carbocycles. The van der Waals surface area contributed by atoms with Crippen LogP contribution in [0.15, 0.2) is 199 Å². The van der Waals surface area contributed by atoms with Gasteiger partial charge in [-0.05, 0) is 70.4 Å². The molecule has 0 unspecified atom stereocenters. The number of benzene rings is 9. The molecule has 0 aliphatic carbocycles. The molecular formula is C55H32N4OS. The van der Waals surface area contributed by atoms with E-state index in [0.717, 1.165) is 71.9 Å². The van der Waals surface area contributed by atoms with Crippen molar-refractivity contribution in [3.63, 3.8) is 0 Å². The van der Waals surface area contributed by atoms with Crippen LogP contribution in [0.3, 0.4) is 0 Å². The lowest BCUT2D eigenvalue weighted by Crippen LogP contribution is -2.02. The van der Waals surface area contributed by atoms with E-state index >= 15 is 0 Å². The van der Waals surface area contributed by atoms with Gasteiger partial charge in [0, 0.05) is 64.1 Å². The average molecular weight is 797 g/mol. The van der Waals surface area contributed by atoms with Crippen LogP contribution in [0.4, 0.5) is 0 Å². The molecule has 0 amide bonds. The zero-order valence-corrected chi connectivity index (χ0v) is 33.4. The monoisotopic (exact) mass is 796 g/mol. The van der Waals surface area contributed by atoms with Crippen molar-refractivity contribution >= 4 is 86.0 Å². The number of hydrogen-bond donors (Lipinski definition) is 0. The number of fused-ring (bicyclic) bond motifs is 10. The Kier molecular flexibility index (Phi) is 7.41. The summed E-state index contributed by atoms with van der Waals surface area (Å²) in [7, 11) is 0. The Bertz CT molecular complexity index is 3880. The Balaban J connectivity index is 1.11. The summed E-state index contributed by atoms with van der Waals surface area (Å²) >= 11 is 1.80. The van der Waals surface area contributed by atoms with E-state index < -0.39 is 0 Å². The Labute approximate surface area is 353 Å². The second kappa shape index (κ2) is 13.3. The summed E-state index contributed by atoms with van der Waals surface area (Å²) in [5, 5.41) is 9.17. The third-order valence-corrected chi connectivity index (χ3v) is 13.1. The van der Waals surface area contributed by atoms with Crippen LogP contribution in [0.25, 0.3) is 126 Å². The molecule has 13 rings (SSSR count). The van der Waals surface area contributed by atoms with Gasteiger partial charge >= 0.3 is 0 Å². The van der Waals surface area contributed by atoms with Crippen LogP contribution in [-0.2, 0) is 0 Å². The summed E-state index contributed by atoms with van der Waals surface area (Å²) in [5.41, 5.74) is 10.0. The first-order valence-electron chi connectivity index (χ1n) is 20.4. The summed E-state index contributed by atoms with van der Waals surface area (Å²) in [6, 6.07) is 68.6. The number of rotatable bonds is 5. The van der Waals surface area contributed by atoms with E-state index in [1.165, 1.54) is 36.3 Å². The first-order chi connectivity index (χ1) is 30.2. The van der Waals surface area contributed by atoms with Crippen LogP contribution >= 0.6 is 11.3 Å². The number of hydrogen-bond acceptors (Lipinski definition) is 5. The largest absolute Gasteiger partial charge is 0.456 e. The molecule has 0 fully saturated rings. The molecule has 4 aromatic heterocycles. The topological polar surface area (TPSA) is 56.7 Å². The fourth-order valence-electron chi connectivity index (χ4n) is 9.23. The molecule has 284 valence electrons. The molecule has 0 spiro atoms. The van der Waals surface area contributed by atoms with Crippen LogP contribution in [0, 0.1) is 0 Å². The highest BCUT2D eigenvalue weighted by Crippen LogP contribution is 2.44. The summed E-state index contributed by atoms with van der Waals surface area (Å²) in [5.74, 6) is 1.80. The number of para-hydroxylation sites is 2. The highest BCUT2D eigenvalue weighted by molar-refractivity contribution is 7.26. The van der Waals surface area contributed by atoms with E-state index in [0.29, 0.717) is 17.5 Å².